The van der Waals surface area contributed by atoms with Crippen LogP contribution in [0.5, 0.6) is 11.5 Å². The Morgan fingerprint density at radius 2 is 1.93 bits per heavy atom. The number of aromatic nitrogens is 1. The maximum absolute atomic E-state index is 13.6. The van der Waals surface area contributed by atoms with Crippen molar-refractivity contribution in [2.75, 3.05) is 27.3 Å². The van der Waals surface area contributed by atoms with Gasteiger partial charge in [-0.15, -0.1) is 0 Å². The average molecular weight is 404 g/mol. The molecule has 1 aromatic carbocycles. The van der Waals surface area contributed by atoms with E-state index >= 15 is 0 Å². The van der Waals surface area contributed by atoms with Gasteiger partial charge in [-0.1, -0.05) is 6.07 Å². The first-order chi connectivity index (χ1) is 13.8. The lowest BCUT2D eigenvalue weighted by Gasteiger charge is -2.17. The van der Waals surface area contributed by atoms with E-state index in [4.69, 9.17) is 9.47 Å². The summed E-state index contributed by atoms with van der Waals surface area (Å²) < 4.78 is 25.6. The number of amides is 1. The molecule has 1 fully saturated rings. The van der Waals surface area contributed by atoms with E-state index in [-0.39, 0.29) is 18.7 Å². The van der Waals surface area contributed by atoms with Crippen molar-refractivity contribution in [2.24, 2.45) is 0 Å². The summed E-state index contributed by atoms with van der Waals surface area (Å²) in [6.07, 6.45) is -0.511. The molecule has 2 aromatic rings. The Morgan fingerprint density at radius 1 is 1.21 bits per heavy atom. The highest BCUT2D eigenvalue weighted by atomic mass is 19.1. The fourth-order valence-electron chi connectivity index (χ4n) is 3.46. The molecule has 2 heterocycles. The Labute approximate surface area is 168 Å². The molecule has 2 atom stereocenters. The molecule has 1 aliphatic rings. The van der Waals surface area contributed by atoms with Crippen molar-refractivity contribution < 1.29 is 23.8 Å². The summed E-state index contributed by atoms with van der Waals surface area (Å²) in [5.41, 5.74) is 1.07. The standard InChI is InChI=1S/C21H25FN2O5/c1-13-6-8-23(9-7-14-4-5-17(28-2)18(10-14)29-3)20(26)19(13)21(27)24-11-15(22)16(25)12-24/h4-6,8,10,15-16,25H,7,9,11-12H2,1-3H3/t15-,16-/m1/s1. The minimum atomic E-state index is -1.49. The number of β-amino-alcohol motifs (C(OH)–C–C–N with tert-alkyl or cyclic N) is 1. The Morgan fingerprint density at radius 3 is 2.55 bits per heavy atom. The van der Waals surface area contributed by atoms with Crippen molar-refractivity contribution in [1.29, 1.82) is 0 Å². The fraction of sp³-hybridized carbons (Fsp3) is 0.429. The zero-order valence-corrected chi connectivity index (χ0v) is 16.7. The van der Waals surface area contributed by atoms with Gasteiger partial charge in [0.2, 0.25) is 0 Å². The molecule has 1 amide bonds. The largest absolute Gasteiger partial charge is 0.493 e. The molecule has 0 saturated carbocycles. The van der Waals surface area contributed by atoms with Crippen molar-refractivity contribution in [1.82, 2.24) is 9.47 Å². The number of likely N-dealkylation sites (tertiary alicyclic amines) is 1. The van der Waals surface area contributed by atoms with Gasteiger partial charge in [-0.2, -0.15) is 0 Å². The van der Waals surface area contributed by atoms with Crippen molar-refractivity contribution in [3.63, 3.8) is 0 Å². The van der Waals surface area contributed by atoms with Crippen molar-refractivity contribution in [3.05, 3.63) is 57.5 Å². The molecule has 7 nitrogen and oxygen atoms in total. The van der Waals surface area contributed by atoms with Gasteiger partial charge in [0.15, 0.2) is 11.5 Å². The molecule has 0 bridgehead atoms. The van der Waals surface area contributed by atoms with E-state index in [0.717, 1.165) is 5.56 Å². The van der Waals surface area contributed by atoms with Crippen LogP contribution >= 0.6 is 0 Å². The molecule has 8 heteroatoms. The molecule has 156 valence electrons. The monoisotopic (exact) mass is 404 g/mol. The summed E-state index contributed by atoms with van der Waals surface area (Å²) in [5.74, 6) is 0.674. The second kappa shape index (κ2) is 8.65. The highest BCUT2D eigenvalue weighted by Crippen LogP contribution is 2.27. The summed E-state index contributed by atoms with van der Waals surface area (Å²) in [7, 11) is 3.12. The number of hydrogen-bond acceptors (Lipinski definition) is 5. The highest BCUT2D eigenvalue weighted by Gasteiger charge is 2.35. The molecule has 0 aliphatic carbocycles. The van der Waals surface area contributed by atoms with E-state index < -0.39 is 23.7 Å². The minimum Gasteiger partial charge on any atom is -0.493 e. The third-order valence-electron chi connectivity index (χ3n) is 5.18. The molecule has 0 unspecified atom stereocenters. The van der Waals surface area contributed by atoms with E-state index in [1.165, 1.54) is 9.47 Å². The van der Waals surface area contributed by atoms with Crippen LogP contribution in [0, 0.1) is 6.92 Å². The van der Waals surface area contributed by atoms with Crippen LogP contribution in [0.2, 0.25) is 0 Å². The number of hydrogen-bond donors (Lipinski definition) is 1. The van der Waals surface area contributed by atoms with Crippen LogP contribution < -0.4 is 15.0 Å². The third kappa shape index (κ3) is 4.27. The Kier molecular flexibility index (Phi) is 6.22. The Bertz CT molecular complexity index is 949. The summed E-state index contributed by atoms with van der Waals surface area (Å²) >= 11 is 0. The van der Waals surface area contributed by atoms with Gasteiger partial charge >= 0.3 is 0 Å². The Hall–Kier alpha value is -2.87. The summed E-state index contributed by atoms with van der Waals surface area (Å²) in [4.78, 5) is 26.9. The van der Waals surface area contributed by atoms with Crippen LogP contribution in [-0.4, -0.2) is 60.1 Å². The second-order valence-corrected chi connectivity index (χ2v) is 7.11. The predicted octanol–water partition coefficient (Wildman–Crippen LogP) is 1.57. The molecule has 1 saturated heterocycles. The van der Waals surface area contributed by atoms with Gasteiger partial charge in [0.05, 0.1) is 20.8 Å². The van der Waals surface area contributed by atoms with Crippen LogP contribution in [0.25, 0.3) is 0 Å². The molecule has 0 radical (unpaired) electrons. The number of methoxy groups -OCH3 is 2. The van der Waals surface area contributed by atoms with Crippen molar-refractivity contribution >= 4 is 5.91 Å². The number of benzene rings is 1. The van der Waals surface area contributed by atoms with Crippen molar-refractivity contribution in [3.8, 4) is 11.5 Å². The lowest BCUT2D eigenvalue weighted by atomic mass is 10.1. The van der Waals surface area contributed by atoms with Crippen LogP contribution in [0.3, 0.4) is 0 Å². The second-order valence-electron chi connectivity index (χ2n) is 7.11. The SMILES string of the molecule is COc1ccc(CCn2ccc(C)c(C(=O)N3C[C@@H](O)[C@H](F)C3)c2=O)cc1OC. The van der Waals surface area contributed by atoms with Crippen molar-refractivity contribution in [2.45, 2.75) is 32.2 Å². The number of aliphatic hydroxyl groups excluding tert-OH is 1. The van der Waals surface area contributed by atoms with Crippen LogP contribution in [-0.2, 0) is 13.0 Å². The van der Waals surface area contributed by atoms with Gasteiger partial charge < -0.3 is 24.0 Å². The number of halogens is 1. The molecule has 1 aliphatic heterocycles. The number of nitrogens with zero attached hydrogens (tertiary/aromatic N) is 2. The predicted molar refractivity (Wildman–Crippen MR) is 105 cm³/mol. The topological polar surface area (TPSA) is 81.0 Å². The normalized spacial score (nSPS) is 18.7. The van der Waals surface area contributed by atoms with E-state index in [1.54, 1.807) is 39.5 Å². The third-order valence-corrected chi connectivity index (χ3v) is 5.18. The van der Waals surface area contributed by atoms with Crippen LogP contribution in [0.15, 0.2) is 35.3 Å². The summed E-state index contributed by atoms with van der Waals surface area (Å²) in [6, 6.07) is 7.23. The quantitative estimate of drug-likeness (QED) is 0.791. The van der Waals surface area contributed by atoms with Gasteiger partial charge in [-0.05, 0) is 42.7 Å². The molecule has 3 rings (SSSR count). The summed E-state index contributed by atoms with van der Waals surface area (Å²) in [6.45, 7) is 1.72. The van der Waals surface area contributed by atoms with Gasteiger partial charge in [-0.3, -0.25) is 9.59 Å². The van der Waals surface area contributed by atoms with Gasteiger partial charge in [0, 0.05) is 19.3 Å². The lowest BCUT2D eigenvalue weighted by Crippen LogP contribution is -2.37. The number of aryl methyl sites for hydroxylation is 3. The number of carbonyl (C=O) groups is 1. The number of rotatable bonds is 6. The number of carbonyl (C=O) groups excluding carboxylic acids is 1. The molecular formula is C21H25FN2O5. The number of alkyl halides is 1. The molecule has 0 spiro atoms. The minimum absolute atomic E-state index is 0.0149. The molecule has 1 aromatic heterocycles. The Balaban J connectivity index is 1.80. The zero-order valence-electron chi connectivity index (χ0n) is 16.7. The van der Waals surface area contributed by atoms with E-state index in [9.17, 15) is 19.1 Å². The van der Waals surface area contributed by atoms with Gasteiger partial charge in [0.25, 0.3) is 11.5 Å². The number of aliphatic hydroxyl groups is 1. The molecule has 1 N–H and O–H groups in total. The maximum Gasteiger partial charge on any atom is 0.263 e. The first-order valence-electron chi connectivity index (χ1n) is 9.38. The van der Waals surface area contributed by atoms with Gasteiger partial charge in [0.1, 0.15) is 17.8 Å². The first-order valence-corrected chi connectivity index (χ1v) is 9.38. The highest BCUT2D eigenvalue weighted by molar-refractivity contribution is 5.95. The zero-order chi connectivity index (χ0) is 21.1. The van der Waals surface area contributed by atoms with E-state index in [0.29, 0.717) is 30.0 Å². The van der Waals surface area contributed by atoms with Gasteiger partial charge in [-0.25, -0.2) is 4.39 Å². The van der Waals surface area contributed by atoms with Crippen LogP contribution in [0.4, 0.5) is 4.39 Å². The first kappa shape index (κ1) is 20.9. The maximum atomic E-state index is 13.6. The fourth-order valence-corrected chi connectivity index (χ4v) is 3.46. The smallest absolute Gasteiger partial charge is 0.263 e. The van der Waals surface area contributed by atoms with E-state index in [1.807, 2.05) is 12.1 Å². The number of pyridine rings is 1. The average Bonchev–Trinajstić information content (AvgIpc) is 3.05. The van der Waals surface area contributed by atoms with E-state index in [2.05, 4.69) is 0 Å². The molecular weight excluding hydrogens is 379 g/mol. The van der Waals surface area contributed by atoms with Crippen LogP contribution in [0.1, 0.15) is 21.5 Å². The lowest BCUT2D eigenvalue weighted by molar-refractivity contribution is 0.0761. The number of ether oxygens (including phenoxy) is 2. The molecule has 29 heavy (non-hydrogen) atoms. The summed E-state index contributed by atoms with van der Waals surface area (Å²) in [5, 5.41) is 9.58.